The number of thioether (sulfide) groups is 1. The topological polar surface area (TPSA) is 78.4 Å². The summed E-state index contributed by atoms with van der Waals surface area (Å²) in [6.07, 6.45) is -0.252. The minimum atomic E-state index is -4.44. The van der Waals surface area contributed by atoms with Gasteiger partial charge in [-0.2, -0.15) is 13.2 Å². The van der Waals surface area contributed by atoms with Crippen molar-refractivity contribution in [1.29, 1.82) is 0 Å². The van der Waals surface area contributed by atoms with E-state index < -0.39 is 11.7 Å². The second kappa shape index (κ2) is 11.9. The number of carbonyl (C=O) groups excluding carboxylic acids is 2. The highest BCUT2D eigenvalue weighted by Gasteiger charge is 2.34. The molecule has 2 aliphatic rings. The summed E-state index contributed by atoms with van der Waals surface area (Å²) in [5, 5.41) is 3.19. The minimum absolute atomic E-state index is 0.0151. The van der Waals surface area contributed by atoms with Crippen LogP contribution in [0.1, 0.15) is 43.7 Å². The third kappa shape index (κ3) is 7.28. The van der Waals surface area contributed by atoms with Crippen molar-refractivity contribution in [3.8, 4) is 0 Å². The largest absolute Gasteiger partial charge is 0.416 e. The van der Waals surface area contributed by atoms with Gasteiger partial charge < -0.3 is 15.1 Å². The highest BCUT2D eigenvalue weighted by Crippen LogP contribution is 2.30. The molecule has 0 radical (unpaired) electrons. The number of carbonyl (C=O) groups is 2. The molecule has 1 N–H and O–H groups in total. The predicted octanol–water partition coefficient (Wildman–Crippen LogP) is 4.78. The Morgan fingerprint density at radius 3 is 2.62 bits per heavy atom. The van der Waals surface area contributed by atoms with Gasteiger partial charge in [-0.05, 0) is 37.5 Å². The fraction of sp³-hybridized carbons (Fsp3) is 0.520. The van der Waals surface area contributed by atoms with E-state index in [9.17, 15) is 22.8 Å². The number of amides is 2. The van der Waals surface area contributed by atoms with Crippen LogP contribution in [0, 0.1) is 5.92 Å². The van der Waals surface area contributed by atoms with Crippen molar-refractivity contribution in [2.45, 2.75) is 56.5 Å². The number of rotatable bonds is 7. The van der Waals surface area contributed by atoms with Crippen molar-refractivity contribution in [3.63, 3.8) is 0 Å². The van der Waals surface area contributed by atoms with Crippen molar-refractivity contribution >= 4 is 41.0 Å². The lowest BCUT2D eigenvalue weighted by Crippen LogP contribution is -2.55. The first-order chi connectivity index (χ1) is 17.6. The minimum Gasteiger partial charge on any atom is -0.353 e. The van der Waals surface area contributed by atoms with E-state index >= 15 is 0 Å². The van der Waals surface area contributed by atoms with E-state index in [-0.39, 0.29) is 41.2 Å². The fourth-order valence-corrected chi connectivity index (χ4v) is 5.66. The van der Waals surface area contributed by atoms with E-state index in [2.05, 4.69) is 20.2 Å². The molecule has 1 saturated heterocycles. The van der Waals surface area contributed by atoms with E-state index in [1.165, 1.54) is 12.1 Å². The van der Waals surface area contributed by atoms with Crippen LogP contribution >= 0.6 is 23.4 Å². The Morgan fingerprint density at radius 2 is 1.92 bits per heavy atom. The Morgan fingerprint density at radius 1 is 1.16 bits per heavy atom. The molecule has 4 rings (SSSR count). The van der Waals surface area contributed by atoms with E-state index in [1.54, 1.807) is 6.07 Å². The molecule has 7 nitrogen and oxygen atoms in total. The van der Waals surface area contributed by atoms with Crippen molar-refractivity contribution < 1.29 is 22.8 Å². The molecule has 200 valence electrons. The molecular weight excluding hydrogens is 527 g/mol. The van der Waals surface area contributed by atoms with Gasteiger partial charge in [-0.3, -0.25) is 9.59 Å². The average Bonchev–Trinajstić information content (AvgIpc) is 3.40. The monoisotopic (exact) mass is 555 g/mol. The van der Waals surface area contributed by atoms with Crippen LogP contribution in [0.15, 0.2) is 35.5 Å². The molecule has 2 fully saturated rings. The second-order valence-electron chi connectivity index (χ2n) is 9.40. The lowest BCUT2D eigenvalue weighted by Gasteiger charge is -2.41. The summed E-state index contributed by atoms with van der Waals surface area (Å²) in [5.74, 6) is 0.647. The highest BCUT2D eigenvalue weighted by molar-refractivity contribution is 7.99. The molecule has 12 heteroatoms. The van der Waals surface area contributed by atoms with Gasteiger partial charge in [0.1, 0.15) is 11.0 Å². The van der Waals surface area contributed by atoms with Crippen LogP contribution in [-0.4, -0.2) is 58.1 Å². The molecule has 1 aliphatic carbocycles. The standard InChI is InChI=1S/C25H29ClF3N5O2S/c1-16-14-33(9-10-34(16)23(36)18-6-2-3-7-18)21-12-20(26)31-24(32-21)37-15-22(35)30-13-17-5-4-8-19(11-17)25(27,28)29/h4-5,8,11-12,16,18H,2-3,6-7,9-10,13-15H2,1H3,(H,30,35). The highest BCUT2D eigenvalue weighted by atomic mass is 35.5. The molecule has 1 aliphatic heterocycles. The second-order valence-corrected chi connectivity index (χ2v) is 10.7. The Hall–Kier alpha value is -2.53. The molecule has 1 atom stereocenters. The van der Waals surface area contributed by atoms with Crippen LogP contribution in [0.25, 0.3) is 0 Å². The number of halogens is 4. The van der Waals surface area contributed by atoms with Crippen LogP contribution in [0.3, 0.4) is 0 Å². The van der Waals surface area contributed by atoms with Gasteiger partial charge in [0.2, 0.25) is 11.8 Å². The molecule has 0 bridgehead atoms. The zero-order valence-corrected chi connectivity index (χ0v) is 22.0. The van der Waals surface area contributed by atoms with E-state index in [0.29, 0.717) is 36.2 Å². The van der Waals surface area contributed by atoms with Gasteiger partial charge >= 0.3 is 6.18 Å². The van der Waals surface area contributed by atoms with Gasteiger partial charge in [0.15, 0.2) is 5.16 Å². The molecule has 1 unspecified atom stereocenters. The molecule has 37 heavy (non-hydrogen) atoms. The number of nitrogens with zero attached hydrogens (tertiary/aromatic N) is 4. The van der Waals surface area contributed by atoms with Crippen LogP contribution in [0.2, 0.25) is 5.15 Å². The van der Waals surface area contributed by atoms with E-state index in [0.717, 1.165) is 49.6 Å². The summed E-state index contributed by atoms with van der Waals surface area (Å²) in [6.45, 7) is 3.86. The first-order valence-corrected chi connectivity index (χ1v) is 13.6. The molecular formula is C25H29ClF3N5O2S. The summed E-state index contributed by atoms with van der Waals surface area (Å²) in [6, 6.07) is 6.54. The molecule has 1 aromatic carbocycles. The molecule has 1 saturated carbocycles. The van der Waals surface area contributed by atoms with Gasteiger partial charge in [-0.1, -0.05) is 48.3 Å². The predicted molar refractivity (Wildman–Crippen MR) is 136 cm³/mol. The molecule has 2 aromatic rings. The smallest absolute Gasteiger partial charge is 0.353 e. The average molecular weight is 556 g/mol. The van der Waals surface area contributed by atoms with Crippen LogP contribution in [0.4, 0.5) is 19.0 Å². The lowest BCUT2D eigenvalue weighted by molar-refractivity contribution is -0.138. The van der Waals surface area contributed by atoms with Crippen molar-refractivity contribution in [1.82, 2.24) is 20.2 Å². The number of alkyl halides is 3. The van der Waals surface area contributed by atoms with Crippen molar-refractivity contribution in [2.24, 2.45) is 5.92 Å². The Kier molecular flexibility index (Phi) is 8.84. The summed E-state index contributed by atoms with van der Waals surface area (Å²) in [5.41, 5.74) is -0.402. The van der Waals surface area contributed by atoms with Gasteiger partial charge in [0.25, 0.3) is 0 Å². The Labute approximate surface area is 223 Å². The summed E-state index contributed by atoms with van der Waals surface area (Å²) in [4.78, 5) is 38.0. The first kappa shape index (κ1) is 27.5. The number of hydrogen-bond acceptors (Lipinski definition) is 6. The van der Waals surface area contributed by atoms with Crippen LogP contribution in [0.5, 0.6) is 0 Å². The molecule has 2 amide bonds. The van der Waals surface area contributed by atoms with Crippen molar-refractivity contribution in [3.05, 3.63) is 46.6 Å². The first-order valence-electron chi connectivity index (χ1n) is 12.3. The third-order valence-electron chi connectivity index (χ3n) is 6.68. The number of anilines is 1. The molecule has 2 heterocycles. The SMILES string of the molecule is CC1CN(c2cc(Cl)nc(SCC(=O)NCc3cccc(C(F)(F)F)c3)n2)CCN1C(=O)C1CCCC1. The maximum Gasteiger partial charge on any atom is 0.416 e. The summed E-state index contributed by atoms with van der Waals surface area (Å²) >= 11 is 7.33. The molecule has 1 aromatic heterocycles. The summed E-state index contributed by atoms with van der Waals surface area (Å²) in [7, 11) is 0. The zero-order valence-electron chi connectivity index (χ0n) is 20.4. The van der Waals surface area contributed by atoms with Gasteiger partial charge in [-0.25, -0.2) is 9.97 Å². The number of hydrogen-bond donors (Lipinski definition) is 1. The number of aromatic nitrogens is 2. The number of piperazine rings is 1. The van der Waals surface area contributed by atoms with Gasteiger partial charge in [0, 0.05) is 44.2 Å². The quantitative estimate of drug-likeness (QED) is 0.301. The van der Waals surface area contributed by atoms with Gasteiger partial charge in [0.05, 0.1) is 11.3 Å². The zero-order chi connectivity index (χ0) is 26.6. The fourth-order valence-electron chi connectivity index (χ4n) is 4.75. The maximum absolute atomic E-state index is 12.9. The van der Waals surface area contributed by atoms with Gasteiger partial charge in [-0.15, -0.1) is 0 Å². The Bertz CT molecular complexity index is 1130. The number of benzene rings is 1. The van der Waals surface area contributed by atoms with E-state index in [4.69, 9.17) is 11.6 Å². The van der Waals surface area contributed by atoms with Crippen molar-refractivity contribution in [2.75, 3.05) is 30.3 Å². The summed E-state index contributed by atoms with van der Waals surface area (Å²) < 4.78 is 38.6. The van der Waals surface area contributed by atoms with Crippen LogP contribution in [-0.2, 0) is 22.3 Å². The molecule has 0 spiro atoms. The van der Waals surface area contributed by atoms with Crippen LogP contribution < -0.4 is 10.2 Å². The van der Waals surface area contributed by atoms with E-state index in [1.807, 2.05) is 11.8 Å². The third-order valence-corrected chi connectivity index (χ3v) is 7.72. The maximum atomic E-state index is 12.9. The number of nitrogens with one attached hydrogen (secondary N) is 1. The lowest BCUT2D eigenvalue weighted by atomic mass is 10.0. The normalized spacial score (nSPS) is 18.8. The Balaban J connectivity index is 1.30.